The molecule has 0 amide bonds. The molecule has 0 bridgehead atoms. The molecular formula is C18H28O4. The van der Waals surface area contributed by atoms with E-state index in [2.05, 4.69) is 0 Å². The number of methoxy groups -OCH3 is 1. The molecule has 0 aliphatic rings. The van der Waals surface area contributed by atoms with E-state index in [0.717, 1.165) is 11.3 Å². The maximum Gasteiger partial charge on any atom is 0.118 e. The molecule has 1 aromatic rings. The SMILES string of the molecule is CC=C[C@@H](O)[C@H](C)[C@@H](O)[C@@H](C)COCc1ccc(OC)cc1. The summed E-state index contributed by atoms with van der Waals surface area (Å²) < 4.78 is 10.8. The van der Waals surface area contributed by atoms with Gasteiger partial charge < -0.3 is 19.7 Å². The average Bonchev–Trinajstić information content (AvgIpc) is 2.54. The Kier molecular flexibility index (Phi) is 8.17. The van der Waals surface area contributed by atoms with Crippen molar-refractivity contribution in [2.75, 3.05) is 13.7 Å². The van der Waals surface area contributed by atoms with Crippen molar-refractivity contribution in [2.24, 2.45) is 11.8 Å². The Morgan fingerprint density at radius 1 is 1.14 bits per heavy atom. The summed E-state index contributed by atoms with van der Waals surface area (Å²) in [4.78, 5) is 0. The van der Waals surface area contributed by atoms with Crippen LogP contribution in [0.4, 0.5) is 0 Å². The monoisotopic (exact) mass is 308 g/mol. The molecule has 0 aliphatic heterocycles. The van der Waals surface area contributed by atoms with Crippen molar-refractivity contribution in [1.29, 1.82) is 0 Å². The molecule has 2 N–H and O–H groups in total. The largest absolute Gasteiger partial charge is 0.497 e. The van der Waals surface area contributed by atoms with Crippen molar-refractivity contribution in [3.8, 4) is 5.75 Å². The highest BCUT2D eigenvalue weighted by molar-refractivity contribution is 5.26. The number of aliphatic hydroxyl groups excluding tert-OH is 2. The quantitative estimate of drug-likeness (QED) is 0.689. The third kappa shape index (κ3) is 5.79. The second-order valence-corrected chi connectivity index (χ2v) is 5.71. The molecule has 0 aliphatic carbocycles. The van der Waals surface area contributed by atoms with Gasteiger partial charge in [-0.2, -0.15) is 0 Å². The Hall–Kier alpha value is -1.36. The number of allylic oxidation sites excluding steroid dienone is 1. The first-order valence-corrected chi connectivity index (χ1v) is 7.69. The number of ether oxygens (including phenoxy) is 2. The molecule has 4 atom stereocenters. The second kappa shape index (κ2) is 9.62. The van der Waals surface area contributed by atoms with Crippen LogP contribution in [-0.4, -0.2) is 36.1 Å². The van der Waals surface area contributed by atoms with Gasteiger partial charge in [-0.05, 0) is 24.6 Å². The summed E-state index contributed by atoms with van der Waals surface area (Å²) in [6.07, 6.45) is 2.24. The summed E-state index contributed by atoms with van der Waals surface area (Å²) in [6, 6.07) is 7.70. The lowest BCUT2D eigenvalue weighted by molar-refractivity contribution is -0.0230. The highest BCUT2D eigenvalue weighted by atomic mass is 16.5. The Bertz CT molecular complexity index is 441. The number of rotatable bonds is 9. The van der Waals surface area contributed by atoms with E-state index in [9.17, 15) is 10.2 Å². The molecular weight excluding hydrogens is 280 g/mol. The van der Waals surface area contributed by atoms with Crippen molar-refractivity contribution in [2.45, 2.75) is 39.6 Å². The number of benzene rings is 1. The molecule has 1 aromatic carbocycles. The molecule has 0 radical (unpaired) electrons. The first kappa shape index (κ1) is 18.7. The van der Waals surface area contributed by atoms with Crippen molar-refractivity contribution < 1.29 is 19.7 Å². The summed E-state index contributed by atoms with van der Waals surface area (Å²) in [5.41, 5.74) is 1.06. The van der Waals surface area contributed by atoms with Gasteiger partial charge in [-0.15, -0.1) is 0 Å². The van der Waals surface area contributed by atoms with Gasteiger partial charge in [-0.3, -0.25) is 0 Å². The van der Waals surface area contributed by atoms with Gasteiger partial charge in [0.1, 0.15) is 5.75 Å². The summed E-state index contributed by atoms with van der Waals surface area (Å²) >= 11 is 0. The zero-order valence-corrected chi connectivity index (χ0v) is 13.9. The molecule has 0 heterocycles. The van der Waals surface area contributed by atoms with Gasteiger partial charge in [0.2, 0.25) is 0 Å². The van der Waals surface area contributed by atoms with Gasteiger partial charge in [0.05, 0.1) is 32.5 Å². The molecule has 1 rings (SSSR count). The number of aliphatic hydroxyl groups is 2. The van der Waals surface area contributed by atoms with E-state index in [1.807, 2.05) is 45.0 Å². The molecule has 4 heteroatoms. The van der Waals surface area contributed by atoms with Crippen LogP contribution in [0.25, 0.3) is 0 Å². The van der Waals surface area contributed by atoms with Crippen LogP contribution in [0, 0.1) is 11.8 Å². The Morgan fingerprint density at radius 2 is 1.77 bits per heavy atom. The van der Waals surface area contributed by atoms with E-state index >= 15 is 0 Å². The summed E-state index contributed by atoms with van der Waals surface area (Å²) in [5, 5.41) is 20.1. The molecule has 0 unspecified atom stereocenters. The van der Waals surface area contributed by atoms with Crippen molar-refractivity contribution >= 4 is 0 Å². The highest BCUT2D eigenvalue weighted by Crippen LogP contribution is 2.19. The fourth-order valence-electron chi connectivity index (χ4n) is 2.28. The van der Waals surface area contributed by atoms with Crippen LogP contribution in [0.5, 0.6) is 5.75 Å². The Morgan fingerprint density at radius 3 is 2.32 bits per heavy atom. The Balaban J connectivity index is 2.39. The number of hydrogen-bond acceptors (Lipinski definition) is 4. The minimum absolute atomic E-state index is 0.0480. The van der Waals surface area contributed by atoms with Crippen LogP contribution < -0.4 is 4.74 Å². The van der Waals surface area contributed by atoms with Crippen molar-refractivity contribution in [3.63, 3.8) is 0 Å². The van der Waals surface area contributed by atoms with Crippen molar-refractivity contribution in [3.05, 3.63) is 42.0 Å². The second-order valence-electron chi connectivity index (χ2n) is 5.71. The average molecular weight is 308 g/mol. The summed E-state index contributed by atoms with van der Waals surface area (Å²) in [7, 11) is 1.64. The van der Waals surface area contributed by atoms with Crippen molar-refractivity contribution in [1.82, 2.24) is 0 Å². The zero-order valence-electron chi connectivity index (χ0n) is 13.9. The lowest BCUT2D eigenvalue weighted by Crippen LogP contribution is -2.35. The van der Waals surface area contributed by atoms with Crippen LogP contribution in [0.3, 0.4) is 0 Å². The minimum atomic E-state index is -0.635. The van der Waals surface area contributed by atoms with Gasteiger partial charge in [0.15, 0.2) is 0 Å². The van der Waals surface area contributed by atoms with Gasteiger partial charge >= 0.3 is 0 Å². The molecule has 4 nitrogen and oxygen atoms in total. The molecule has 22 heavy (non-hydrogen) atoms. The van der Waals surface area contributed by atoms with E-state index in [1.54, 1.807) is 19.3 Å². The predicted molar refractivity (Wildman–Crippen MR) is 87.8 cm³/mol. The fraction of sp³-hybridized carbons (Fsp3) is 0.556. The lowest BCUT2D eigenvalue weighted by atomic mass is 9.89. The van der Waals surface area contributed by atoms with Gasteiger partial charge in [0, 0.05) is 11.8 Å². The smallest absolute Gasteiger partial charge is 0.118 e. The maximum atomic E-state index is 10.3. The third-order valence-electron chi connectivity index (χ3n) is 3.86. The normalized spacial score (nSPS) is 17.2. The lowest BCUT2D eigenvalue weighted by Gasteiger charge is -2.27. The predicted octanol–water partition coefficient (Wildman–Crippen LogP) is 2.78. The van der Waals surface area contributed by atoms with Crippen LogP contribution >= 0.6 is 0 Å². The standard InChI is InChI=1S/C18H28O4/c1-5-6-17(19)14(3)18(20)13(2)11-22-12-15-7-9-16(21-4)10-8-15/h5-10,13-14,17-20H,11-12H2,1-4H3/t13-,14-,17+,18-/m0/s1. The first-order valence-electron chi connectivity index (χ1n) is 7.69. The summed E-state index contributed by atoms with van der Waals surface area (Å²) in [6.45, 7) is 6.56. The van der Waals surface area contributed by atoms with Gasteiger partial charge in [-0.1, -0.05) is 38.1 Å². The van der Waals surface area contributed by atoms with E-state index in [1.165, 1.54) is 0 Å². The van der Waals surface area contributed by atoms with Crippen LogP contribution in [0.15, 0.2) is 36.4 Å². The Labute approximate surface area is 133 Å². The highest BCUT2D eigenvalue weighted by Gasteiger charge is 2.25. The van der Waals surface area contributed by atoms with Crippen LogP contribution in [0.1, 0.15) is 26.3 Å². The van der Waals surface area contributed by atoms with E-state index in [-0.39, 0.29) is 11.8 Å². The van der Waals surface area contributed by atoms with Gasteiger partial charge in [-0.25, -0.2) is 0 Å². The fourth-order valence-corrected chi connectivity index (χ4v) is 2.28. The minimum Gasteiger partial charge on any atom is -0.497 e. The summed E-state index contributed by atoms with van der Waals surface area (Å²) in [5.74, 6) is 0.545. The molecule has 124 valence electrons. The molecule has 0 saturated heterocycles. The molecule has 0 fully saturated rings. The maximum absolute atomic E-state index is 10.3. The molecule has 0 aromatic heterocycles. The topological polar surface area (TPSA) is 58.9 Å². The van der Waals surface area contributed by atoms with Gasteiger partial charge in [0.25, 0.3) is 0 Å². The van der Waals surface area contributed by atoms with E-state index in [0.29, 0.717) is 13.2 Å². The van der Waals surface area contributed by atoms with Crippen LogP contribution in [-0.2, 0) is 11.3 Å². The molecule has 0 spiro atoms. The first-order chi connectivity index (χ1) is 10.5. The van der Waals surface area contributed by atoms with E-state index in [4.69, 9.17) is 9.47 Å². The van der Waals surface area contributed by atoms with E-state index < -0.39 is 12.2 Å². The molecule has 0 saturated carbocycles. The zero-order chi connectivity index (χ0) is 16.5. The van der Waals surface area contributed by atoms with Crippen LogP contribution in [0.2, 0.25) is 0 Å². The number of hydrogen-bond donors (Lipinski definition) is 2. The third-order valence-corrected chi connectivity index (χ3v) is 3.86.